The SMILES string of the molecule is Cc1ccc(S(=O)(=O)OC2(F)C=CC=CN2C)cc1. The van der Waals surface area contributed by atoms with Crippen LogP contribution in [-0.2, 0) is 14.3 Å². The van der Waals surface area contributed by atoms with Crippen LogP contribution in [0, 0.1) is 6.92 Å². The molecular formula is C13H14FNO3S. The average molecular weight is 283 g/mol. The summed E-state index contributed by atoms with van der Waals surface area (Å²) in [7, 11) is -2.78. The van der Waals surface area contributed by atoms with Gasteiger partial charge in [0.1, 0.15) is 0 Å². The maximum Gasteiger partial charge on any atom is 0.324 e. The van der Waals surface area contributed by atoms with E-state index in [1.807, 2.05) is 6.92 Å². The van der Waals surface area contributed by atoms with Gasteiger partial charge in [-0.3, -0.25) is 0 Å². The third-order valence-electron chi connectivity index (χ3n) is 2.74. The quantitative estimate of drug-likeness (QED) is 0.631. The highest BCUT2D eigenvalue weighted by Gasteiger charge is 2.38. The van der Waals surface area contributed by atoms with Gasteiger partial charge in [-0.25, -0.2) is 4.18 Å². The summed E-state index contributed by atoms with van der Waals surface area (Å²) in [5.41, 5.74) is 0.909. The molecule has 6 heteroatoms. The minimum Gasteiger partial charge on any atom is -0.322 e. The fourth-order valence-electron chi connectivity index (χ4n) is 1.57. The summed E-state index contributed by atoms with van der Waals surface area (Å²) in [5, 5.41) is 0. The molecule has 0 saturated carbocycles. The summed E-state index contributed by atoms with van der Waals surface area (Å²) in [5.74, 6) is -2.50. The lowest BCUT2D eigenvalue weighted by Gasteiger charge is -2.31. The summed E-state index contributed by atoms with van der Waals surface area (Å²) < 4.78 is 43.1. The van der Waals surface area contributed by atoms with Crippen molar-refractivity contribution in [3.63, 3.8) is 0 Å². The van der Waals surface area contributed by atoms with E-state index >= 15 is 0 Å². The number of aryl methyl sites for hydroxylation is 1. The van der Waals surface area contributed by atoms with E-state index in [1.54, 1.807) is 18.2 Å². The molecular weight excluding hydrogens is 269 g/mol. The Morgan fingerprint density at radius 3 is 2.42 bits per heavy atom. The van der Waals surface area contributed by atoms with E-state index in [4.69, 9.17) is 4.18 Å². The number of alkyl halides is 1. The van der Waals surface area contributed by atoms with Gasteiger partial charge < -0.3 is 4.90 Å². The van der Waals surface area contributed by atoms with Crippen LogP contribution in [0.2, 0.25) is 0 Å². The van der Waals surface area contributed by atoms with Crippen LogP contribution < -0.4 is 0 Å². The maximum absolute atomic E-state index is 14.4. The molecule has 102 valence electrons. The zero-order chi connectivity index (χ0) is 14.1. The largest absolute Gasteiger partial charge is 0.324 e. The minimum absolute atomic E-state index is 0.0773. The van der Waals surface area contributed by atoms with Crippen LogP contribution in [0.3, 0.4) is 0 Å². The maximum atomic E-state index is 14.4. The van der Waals surface area contributed by atoms with Crippen molar-refractivity contribution in [2.75, 3.05) is 7.05 Å². The normalized spacial score (nSPS) is 22.8. The lowest BCUT2D eigenvalue weighted by atomic mass is 10.2. The van der Waals surface area contributed by atoms with Gasteiger partial charge in [-0.1, -0.05) is 23.8 Å². The number of benzene rings is 1. The fraction of sp³-hybridized carbons (Fsp3) is 0.231. The van der Waals surface area contributed by atoms with Gasteiger partial charge >= 0.3 is 16.1 Å². The fourth-order valence-corrected chi connectivity index (χ4v) is 2.61. The molecule has 0 radical (unpaired) electrons. The van der Waals surface area contributed by atoms with E-state index < -0.39 is 16.1 Å². The van der Waals surface area contributed by atoms with Gasteiger partial charge in [0.25, 0.3) is 0 Å². The molecule has 1 aliphatic heterocycles. The first-order valence-corrected chi connectivity index (χ1v) is 7.04. The summed E-state index contributed by atoms with van der Waals surface area (Å²) >= 11 is 0. The van der Waals surface area contributed by atoms with Crippen molar-refractivity contribution in [3.05, 3.63) is 54.3 Å². The Bertz CT molecular complexity index is 622. The molecule has 1 aliphatic rings. The monoisotopic (exact) mass is 283 g/mol. The lowest BCUT2D eigenvalue weighted by molar-refractivity contribution is -0.111. The van der Waals surface area contributed by atoms with Crippen molar-refractivity contribution in [1.82, 2.24) is 4.90 Å². The van der Waals surface area contributed by atoms with Crippen molar-refractivity contribution in [2.24, 2.45) is 0 Å². The molecule has 0 aliphatic carbocycles. The van der Waals surface area contributed by atoms with Crippen LogP contribution in [0.5, 0.6) is 0 Å². The first kappa shape index (κ1) is 13.8. The zero-order valence-corrected chi connectivity index (χ0v) is 11.4. The molecule has 2 rings (SSSR count). The van der Waals surface area contributed by atoms with Crippen molar-refractivity contribution >= 4 is 10.1 Å². The molecule has 0 bridgehead atoms. The van der Waals surface area contributed by atoms with E-state index in [0.29, 0.717) is 0 Å². The van der Waals surface area contributed by atoms with E-state index in [2.05, 4.69) is 0 Å². The third-order valence-corrected chi connectivity index (χ3v) is 4.04. The predicted molar refractivity (Wildman–Crippen MR) is 69.3 cm³/mol. The number of rotatable bonds is 3. The molecule has 1 aromatic carbocycles. The standard InChI is InChI=1S/C13H14FNO3S/c1-11-5-7-12(8-6-11)19(16,17)18-13(14)9-3-4-10-15(13)2/h3-10H,1-2H3. The highest BCUT2D eigenvalue weighted by atomic mass is 32.2. The Labute approximate surface area is 111 Å². The second-order valence-electron chi connectivity index (χ2n) is 4.27. The van der Waals surface area contributed by atoms with E-state index in [0.717, 1.165) is 16.5 Å². The smallest absolute Gasteiger partial charge is 0.322 e. The Balaban J connectivity index is 2.29. The number of hydrogen-bond donors (Lipinski definition) is 0. The van der Waals surface area contributed by atoms with Crippen LogP contribution in [0.4, 0.5) is 4.39 Å². The van der Waals surface area contributed by atoms with Gasteiger partial charge in [0, 0.05) is 19.3 Å². The zero-order valence-electron chi connectivity index (χ0n) is 10.6. The Kier molecular flexibility index (Phi) is 3.47. The molecule has 0 amide bonds. The molecule has 4 nitrogen and oxygen atoms in total. The van der Waals surface area contributed by atoms with Gasteiger partial charge in [-0.15, -0.1) is 0 Å². The summed E-state index contributed by atoms with van der Waals surface area (Å²) in [4.78, 5) is 0.963. The first-order chi connectivity index (χ1) is 8.83. The van der Waals surface area contributed by atoms with Crippen molar-refractivity contribution in [3.8, 4) is 0 Å². The third kappa shape index (κ3) is 2.85. The molecule has 0 N–H and O–H groups in total. The van der Waals surface area contributed by atoms with Crippen molar-refractivity contribution < 1.29 is 17.0 Å². The van der Waals surface area contributed by atoms with E-state index in [1.165, 1.54) is 31.5 Å². The van der Waals surface area contributed by atoms with Gasteiger partial charge in [0.15, 0.2) is 0 Å². The highest BCUT2D eigenvalue weighted by Crippen LogP contribution is 2.28. The number of allylic oxidation sites excluding steroid dienone is 2. The van der Waals surface area contributed by atoms with E-state index in [-0.39, 0.29) is 4.90 Å². The van der Waals surface area contributed by atoms with Crippen LogP contribution in [0.15, 0.2) is 53.6 Å². The average Bonchev–Trinajstić information content (AvgIpc) is 2.33. The van der Waals surface area contributed by atoms with Crippen molar-refractivity contribution in [2.45, 2.75) is 17.8 Å². The van der Waals surface area contributed by atoms with Crippen LogP contribution in [0.25, 0.3) is 0 Å². The van der Waals surface area contributed by atoms with Crippen LogP contribution in [0.1, 0.15) is 5.56 Å². The van der Waals surface area contributed by atoms with Gasteiger partial charge in [-0.2, -0.15) is 12.8 Å². The molecule has 0 saturated heterocycles. The van der Waals surface area contributed by atoms with Crippen molar-refractivity contribution in [1.29, 1.82) is 0 Å². The lowest BCUT2D eigenvalue weighted by Crippen LogP contribution is -2.42. The molecule has 0 fully saturated rings. The second kappa shape index (κ2) is 4.79. The molecule has 0 aromatic heterocycles. The first-order valence-electron chi connectivity index (χ1n) is 5.64. The van der Waals surface area contributed by atoms with Crippen LogP contribution in [-0.4, -0.2) is 26.3 Å². The number of halogens is 1. The molecule has 1 unspecified atom stereocenters. The highest BCUT2D eigenvalue weighted by molar-refractivity contribution is 7.86. The Morgan fingerprint density at radius 2 is 1.84 bits per heavy atom. The Morgan fingerprint density at radius 1 is 1.21 bits per heavy atom. The molecule has 1 aromatic rings. The summed E-state index contributed by atoms with van der Waals surface area (Å²) in [6, 6.07) is 6.02. The molecule has 19 heavy (non-hydrogen) atoms. The Hall–Kier alpha value is -1.66. The number of nitrogens with zero attached hydrogens (tertiary/aromatic N) is 1. The predicted octanol–water partition coefficient (Wildman–Crippen LogP) is 2.34. The number of likely N-dealkylation sites (N-methyl/N-ethyl adjacent to an activating group) is 1. The number of hydrogen-bond acceptors (Lipinski definition) is 4. The summed E-state index contributed by atoms with van der Waals surface area (Å²) in [6.45, 7) is 1.83. The topological polar surface area (TPSA) is 46.6 Å². The summed E-state index contributed by atoms with van der Waals surface area (Å²) in [6.07, 6.45) is 5.41. The second-order valence-corrected chi connectivity index (χ2v) is 5.82. The van der Waals surface area contributed by atoms with E-state index in [9.17, 15) is 12.8 Å². The molecule has 1 heterocycles. The van der Waals surface area contributed by atoms with Gasteiger partial charge in [0.05, 0.1) is 4.90 Å². The van der Waals surface area contributed by atoms with Crippen LogP contribution >= 0.6 is 0 Å². The van der Waals surface area contributed by atoms with Gasteiger partial charge in [0.2, 0.25) is 0 Å². The molecule has 1 atom stereocenters. The van der Waals surface area contributed by atoms with Gasteiger partial charge in [-0.05, 0) is 25.1 Å². The minimum atomic E-state index is -4.17. The molecule has 0 spiro atoms.